The highest BCUT2D eigenvalue weighted by molar-refractivity contribution is 6.01. The molecule has 0 aliphatic carbocycles. The molecule has 1 saturated heterocycles. The summed E-state index contributed by atoms with van der Waals surface area (Å²) < 4.78 is 5.87. The van der Waals surface area contributed by atoms with Gasteiger partial charge in [-0.3, -0.25) is 33.6 Å². The zero-order chi connectivity index (χ0) is 33.8. The fraction of sp³-hybridized carbons (Fsp3) is 0.581. The Balaban J connectivity index is 1.87. The summed E-state index contributed by atoms with van der Waals surface area (Å²) in [4.78, 5) is 91.6. The van der Waals surface area contributed by atoms with E-state index in [-0.39, 0.29) is 49.1 Å². The Morgan fingerprint density at radius 1 is 1.04 bits per heavy atom. The molecule has 7 N–H and O–H groups in total. The second kappa shape index (κ2) is 17.1. The second-order valence-corrected chi connectivity index (χ2v) is 11.9. The number of ether oxygens (including phenoxy) is 1. The Kier molecular flexibility index (Phi) is 13.3. The third-order valence-corrected chi connectivity index (χ3v) is 7.67. The number of nitrogens with two attached hydrogens (primary N) is 1. The fourth-order valence-corrected chi connectivity index (χ4v) is 5.14. The standard InChI is InChI=1S/C31H45N7O8/c1-18(2)27-31(45)34-19(3)17-46-23-9-5-4-8-20(23)28(42)36-22(29(43)33-13-7-15-38-14-6-10-26(38)41)16-25(40)35-21(30(44)37-27)11-12-24(32)39/h4-5,8-9,18-19,21-22,27H,6-7,10-17H2,1-3H3,(H2,32,39)(H,33,43)(H,34,45)(H,35,40)(H,36,42)(H,37,44)/t19-,21-,22-,27+/m0/s1. The average molecular weight is 644 g/mol. The summed E-state index contributed by atoms with van der Waals surface area (Å²) in [5.41, 5.74) is 5.40. The monoisotopic (exact) mass is 643 g/mol. The van der Waals surface area contributed by atoms with E-state index in [1.807, 2.05) is 0 Å². The van der Waals surface area contributed by atoms with E-state index in [2.05, 4.69) is 26.6 Å². The molecule has 0 aromatic heterocycles. The number of rotatable bonds is 9. The molecule has 2 heterocycles. The van der Waals surface area contributed by atoms with Crippen molar-refractivity contribution in [2.24, 2.45) is 11.7 Å². The highest BCUT2D eigenvalue weighted by Gasteiger charge is 2.32. The molecule has 7 amide bonds. The number of nitrogens with one attached hydrogen (secondary N) is 5. The van der Waals surface area contributed by atoms with Crippen molar-refractivity contribution in [3.05, 3.63) is 29.8 Å². The normalized spacial score (nSPS) is 23.3. The third-order valence-electron chi connectivity index (χ3n) is 7.67. The van der Waals surface area contributed by atoms with E-state index in [1.165, 1.54) is 6.07 Å². The van der Waals surface area contributed by atoms with Crippen LogP contribution in [0.15, 0.2) is 24.3 Å². The van der Waals surface area contributed by atoms with Gasteiger partial charge in [0.15, 0.2) is 0 Å². The molecule has 4 atom stereocenters. The summed E-state index contributed by atoms with van der Waals surface area (Å²) in [6.07, 6.45) is 0.831. The van der Waals surface area contributed by atoms with Gasteiger partial charge >= 0.3 is 0 Å². The highest BCUT2D eigenvalue weighted by Crippen LogP contribution is 2.19. The molecule has 46 heavy (non-hydrogen) atoms. The van der Waals surface area contributed by atoms with Crippen molar-refractivity contribution in [1.29, 1.82) is 0 Å². The number of hydrogen-bond donors (Lipinski definition) is 6. The van der Waals surface area contributed by atoms with Crippen LogP contribution in [0.3, 0.4) is 0 Å². The molecule has 15 nitrogen and oxygen atoms in total. The van der Waals surface area contributed by atoms with Crippen molar-refractivity contribution >= 4 is 41.4 Å². The maximum Gasteiger partial charge on any atom is 0.255 e. The Morgan fingerprint density at radius 2 is 1.78 bits per heavy atom. The van der Waals surface area contributed by atoms with E-state index in [0.717, 1.165) is 6.42 Å². The van der Waals surface area contributed by atoms with Crippen LogP contribution in [0.4, 0.5) is 0 Å². The molecular weight excluding hydrogens is 598 g/mol. The van der Waals surface area contributed by atoms with Crippen molar-refractivity contribution in [2.45, 2.75) is 83.5 Å². The topological polar surface area (TPSA) is 218 Å². The number of primary amides is 1. The zero-order valence-electron chi connectivity index (χ0n) is 26.6. The van der Waals surface area contributed by atoms with Crippen molar-refractivity contribution in [3.8, 4) is 5.75 Å². The molecule has 15 heteroatoms. The maximum atomic E-state index is 13.4. The van der Waals surface area contributed by atoms with Crippen LogP contribution in [0.1, 0.15) is 69.7 Å². The molecule has 0 radical (unpaired) electrons. The van der Waals surface area contributed by atoms with E-state index >= 15 is 0 Å². The minimum absolute atomic E-state index is 0.0144. The van der Waals surface area contributed by atoms with Crippen LogP contribution in [0.25, 0.3) is 0 Å². The SMILES string of the molecule is CC(C)[C@H]1NC(=O)[C@H](CCC(N)=O)NC(=O)C[C@@H](C(=O)NCCCN2CCCC2=O)NC(=O)c2ccccc2OC[C@H](C)NC1=O. The molecule has 252 valence electrons. The van der Waals surface area contributed by atoms with Crippen LogP contribution < -0.4 is 37.1 Å². The number of para-hydroxylation sites is 1. The Morgan fingerprint density at radius 3 is 2.46 bits per heavy atom. The van der Waals surface area contributed by atoms with Crippen molar-refractivity contribution < 1.29 is 38.3 Å². The lowest BCUT2D eigenvalue weighted by Gasteiger charge is -2.26. The molecule has 2 aliphatic heterocycles. The molecule has 0 saturated carbocycles. The smallest absolute Gasteiger partial charge is 0.255 e. The van der Waals surface area contributed by atoms with Crippen LogP contribution in [0.5, 0.6) is 5.75 Å². The van der Waals surface area contributed by atoms with Gasteiger partial charge in [0.2, 0.25) is 35.4 Å². The second-order valence-electron chi connectivity index (χ2n) is 11.9. The van der Waals surface area contributed by atoms with Gasteiger partial charge in [-0.2, -0.15) is 0 Å². The van der Waals surface area contributed by atoms with E-state index < -0.39 is 66.0 Å². The van der Waals surface area contributed by atoms with Crippen molar-refractivity contribution in [3.63, 3.8) is 0 Å². The fourth-order valence-electron chi connectivity index (χ4n) is 5.14. The molecule has 2 aliphatic rings. The van der Waals surface area contributed by atoms with E-state index in [1.54, 1.807) is 43.9 Å². The van der Waals surface area contributed by atoms with Gasteiger partial charge in [0.05, 0.1) is 18.0 Å². The number of amides is 7. The summed E-state index contributed by atoms with van der Waals surface area (Å²) in [5.74, 6) is -4.07. The molecule has 3 rings (SSSR count). The Bertz CT molecular complexity index is 1300. The van der Waals surface area contributed by atoms with Gasteiger partial charge < -0.3 is 42.0 Å². The minimum Gasteiger partial charge on any atom is -0.491 e. The summed E-state index contributed by atoms with van der Waals surface area (Å²) in [6, 6.07) is 2.22. The molecule has 0 unspecified atom stereocenters. The average Bonchev–Trinajstić information content (AvgIpc) is 3.41. The number of benzene rings is 1. The van der Waals surface area contributed by atoms with Crippen LogP contribution >= 0.6 is 0 Å². The lowest BCUT2D eigenvalue weighted by Crippen LogP contribution is -2.57. The van der Waals surface area contributed by atoms with Crippen LogP contribution in [0.2, 0.25) is 0 Å². The summed E-state index contributed by atoms with van der Waals surface area (Å²) >= 11 is 0. The van der Waals surface area contributed by atoms with Crippen LogP contribution in [0, 0.1) is 5.92 Å². The third kappa shape index (κ3) is 10.7. The lowest BCUT2D eigenvalue weighted by molar-refractivity contribution is -0.134. The Labute approximate surface area is 268 Å². The number of hydrogen-bond acceptors (Lipinski definition) is 8. The predicted octanol–water partition coefficient (Wildman–Crippen LogP) is -0.908. The first-order valence-corrected chi connectivity index (χ1v) is 15.6. The van der Waals surface area contributed by atoms with Gasteiger partial charge in [0, 0.05) is 32.5 Å². The zero-order valence-corrected chi connectivity index (χ0v) is 26.6. The molecular formula is C31H45N7O8. The number of carbonyl (C=O) groups excluding carboxylic acids is 7. The van der Waals surface area contributed by atoms with Gasteiger partial charge in [-0.1, -0.05) is 26.0 Å². The Hall–Kier alpha value is -4.69. The lowest BCUT2D eigenvalue weighted by atomic mass is 10.0. The van der Waals surface area contributed by atoms with Crippen LogP contribution in [-0.4, -0.2) is 96.7 Å². The number of nitrogens with zero attached hydrogens (tertiary/aromatic N) is 1. The number of likely N-dealkylation sites (tertiary alicyclic amines) is 1. The van der Waals surface area contributed by atoms with E-state index in [4.69, 9.17) is 10.5 Å². The molecule has 0 bridgehead atoms. The molecule has 0 spiro atoms. The molecule has 1 aromatic rings. The highest BCUT2D eigenvalue weighted by atomic mass is 16.5. The number of fused-ring (bicyclic) bond motifs is 1. The maximum absolute atomic E-state index is 13.4. The van der Waals surface area contributed by atoms with Gasteiger partial charge in [0.1, 0.15) is 30.5 Å². The largest absolute Gasteiger partial charge is 0.491 e. The first kappa shape index (κ1) is 35.8. The summed E-state index contributed by atoms with van der Waals surface area (Å²) in [5, 5.41) is 13.3. The van der Waals surface area contributed by atoms with Gasteiger partial charge in [-0.25, -0.2) is 0 Å². The summed E-state index contributed by atoms with van der Waals surface area (Å²) in [6.45, 7) is 6.48. The first-order chi connectivity index (χ1) is 21.8. The van der Waals surface area contributed by atoms with E-state index in [9.17, 15) is 33.6 Å². The van der Waals surface area contributed by atoms with Gasteiger partial charge in [0.25, 0.3) is 5.91 Å². The molecule has 1 fully saturated rings. The predicted molar refractivity (Wildman–Crippen MR) is 166 cm³/mol. The van der Waals surface area contributed by atoms with E-state index in [0.29, 0.717) is 25.9 Å². The van der Waals surface area contributed by atoms with Gasteiger partial charge in [-0.05, 0) is 44.2 Å². The van der Waals surface area contributed by atoms with Gasteiger partial charge in [-0.15, -0.1) is 0 Å². The van der Waals surface area contributed by atoms with Crippen molar-refractivity contribution in [1.82, 2.24) is 31.5 Å². The van der Waals surface area contributed by atoms with Crippen molar-refractivity contribution in [2.75, 3.05) is 26.2 Å². The number of carbonyl (C=O) groups is 7. The van der Waals surface area contributed by atoms with Crippen LogP contribution in [-0.2, 0) is 28.8 Å². The molecule has 1 aromatic carbocycles. The quantitative estimate of drug-likeness (QED) is 0.185. The first-order valence-electron chi connectivity index (χ1n) is 15.6. The summed E-state index contributed by atoms with van der Waals surface area (Å²) in [7, 11) is 0. The minimum atomic E-state index is -1.35.